The van der Waals surface area contributed by atoms with Crippen molar-refractivity contribution in [1.82, 2.24) is 5.32 Å². The van der Waals surface area contributed by atoms with Crippen molar-refractivity contribution in [3.05, 3.63) is 29.6 Å². The number of halogens is 3. The zero-order valence-corrected chi connectivity index (χ0v) is 7.69. The van der Waals surface area contributed by atoms with Crippen molar-refractivity contribution in [3.63, 3.8) is 0 Å². The highest BCUT2D eigenvalue weighted by molar-refractivity contribution is 6.15. The van der Waals surface area contributed by atoms with Gasteiger partial charge >= 0.3 is 0 Å². The van der Waals surface area contributed by atoms with Crippen LogP contribution in [0, 0.1) is 17.5 Å². The fourth-order valence-corrected chi connectivity index (χ4v) is 1.25. The monoisotopic (exact) mass is 213 g/mol. The standard InChI is InChI=1S/C9H7BF3NO/c10-9(3-14-4-9)15-8-6(12)2-1-5(11)7(8)13/h1-2,14H,3-4H2. The van der Waals surface area contributed by atoms with Gasteiger partial charge in [-0.05, 0) is 12.1 Å². The molecule has 6 heteroatoms. The average Bonchev–Trinajstić information content (AvgIpc) is 2.16. The van der Waals surface area contributed by atoms with E-state index < -0.39 is 28.7 Å². The van der Waals surface area contributed by atoms with Gasteiger partial charge in [0.15, 0.2) is 17.4 Å². The van der Waals surface area contributed by atoms with Crippen LogP contribution in [0.1, 0.15) is 0 Å². The fraction of sp³-hybridized carbons (Fsp3) is 0.333. The van der Waals surface area contributed by atoms with Gasteiger partial charge in [0.1, 0.15) is 7.85 Å². The van der Waals surface area contributed by atoms with Gasteiger partial charge < -0.3 is 10.1 Å². The summed E-state index contributed by atoms with van der Waals surface area (Å²) >= 11 is 0. The predicted octanol–water partition coefficient (Wildman–Crippen LogP) is 0.951. The Morgan fingerprint density at radius 2 is 1.80 bits per heavy atom. The van der Waals surface area contributed by atoms with Gasteiger partial charge in [-0.2, -0.15) is 4.39 Å². The van der Waals surface area contributed by atoms with Crippen LogP contribution in [0.3, 0.4) is 0 Å². The smallest absolute Gasteiger partial charge is 0.203 e. The summed E-state index contributed by atoms with van der Waals surface area (Å²) in [6.45, 7) is 0.533. The molecule has 78 valence electrons. The Kier molecular flexibility index (Phi) is 2.38. The molecule has 15 heavy (non-hydrogen) atoms. The molecular formula is C9H7BF3NO. The van der Waals surface area contributed by atoms with E-state index in [1.54, 1.807) is 0 Å². The molecule has 1 heterocycles. The first kappa shape index (κ1) is 10.4. The van der Waals surface area contributed by atoms with Gasteiger partial charge in [0.2, 0.25) is 5.82 Å². The SMILES string of the molecule is [B]C1(Oc2c(F)ccc(F)c2F)CNC1. The van der Waals surface area contributed by atoms with Crippen LogP contribution in [0.15, 0.2) is 12.1 Å². The second-order valence-corrected chi connectivity index (χ2v) is 3.44. The van der Waals surface area contributed by atoms with Crippen molar-refractivity contribution >= 4 is 7.85 Å². The largest absolute Gasteiger partial charge is 0.489 e. The second-order valence-electron chi connectivity index (χ2n) is 3.44. The summed E-state index contributed by atoms with van der Waals surface area (Å²) in [6, 6.07) is 1.49. The minimum atomic E-state index is -1.35. The van der Waals surface area contributed by atoms with Crippen molar-refractivity contribution in [2.75, 3.05) is 13.1 Å². The van der Waals surface area contributed by atoms with Gasteiger partial charge in [0.25, 0.3) is 0 Å². The van der Waals surface area contributed by atoms with Gasteiger partial charge in [-0.15, -0.1) is 0 Å². The average molecular weight is 213 g/mol. The molecule has 0 saturated carbocycles. The third-order valence-corrected chi connectivity index (χ3v) is 2.16. The maximum atomic E-state index is 13.1. The normalized spacial score (nSPS) is 18.3. The van der Waals surface area contributed by atoms with Crippen LogP contribution in [0.4, 0.5) is 13.2 Å². The van der Waals surface area contributed by atoms with Crippen LogP contribution in [-0.2, 0) is 0 Å². The van der Waals surface area contributed by atoms with Crippen LogP contribution in [0.2, 0.25) is 0 Å². The lowest BCUT2D eigenvalue weighted by molar-refractivity contribution is 0.0867. The Morgan fingerprint density at radius 3 is 2.33 bits per heavy atom. The molecule has 2 nitrogen and oxygen atoms in total. The van der Waals surface area contributed by atoms with E-state index >= 15 is 0 Å². The predicted molar refractivity (Wildman–Crippen MR) is 48.3 cm³/mol. The maximum Gasteiger partial charge on any atom is 0.203 e. The van der Waals surface area contributed by atoms with Crippen molar-refractivity contribution in [1.29, 1.82) is 0 Å². The number of hydrogen-bond acceptors (Lipinski definition) is 2. The molecular weight excluding hydrogens is 206 g/mol. The molecule has 1 N–H and O–H groups in total. The molecule has 0 bridgehead atoms. The van der Waals surface area contributed by atoms with Crippen LogP contribution in [-0.4, -0.2) is 26.4 Å². The first-order chi connectivity index (χ1) is 7.02. The Labute approximate surface area is 85.8 Å². The van der Waals surface area contributed by atoms with E-state index in [9.17, 15) is 13.2 Å². The summed E-state index contributed by atoms with van der Waals surface area (Å²) in [4.78, 5) is 0. The lowest BCUT2D eigenvalue weighted by atomic mass is 9.76. The van der Waals surface area contributed by atoms with Crippen molar-refractivity contribution < 1.29 is 17.9 Å². The first-order valence-electron chi connectivity index (χ1n) is 4.34. The van der Waals surface area contributed by atoms with E-state index in [4.69, 9.17) is 12.6 Å². The number of rotatable bonds is 2. The molecule has 1 aliphatic heterocycles. The number of hydrogen-bond donors (Lipinski definition) is 1. The summed E-state index contributed by atoms with van der Waals surface area (Å²) in [5.74, 6) is -4.25. The quantitative estimate of drug-likeness (QED) is 0.583. The van der Waals surface area contributed by atoms with Crippen LogP contribution in [0.5, 0.6) is 5.75 Å². The van der Waals surface area contributed by atoms with Gasteiger partial charge in [-0.1, -0.05) is 0 Å². The van der Waals surface area contributed by atoms with Crippen LogP contribution >= 0.6 is 0 Å². The van der Waals surface area contributed by atoms with E-state index in [1.165, 1.54) is 0 Å². The van der Waals surface area contributed by atoms with E-state index in [0.717, 1.165) is 6.07 Å². The zero-order valence-electron chi connectivity index (χ0n) is 7.69. The lowest BCUT2D eigenvalue weighted by Gasteiger charge is -2.40. The van der Waals surface area contributed by atoms with Crippen LogP contribution in [0.25, 0.3) is 0 Å². The Bertz CT molecular complexity index is 395. The molecule has 0 amide bonds. The number of nitrogens with one attached hydrogen (secondary N) is 1. The second kappa shape index (κ2) is 3.45. The van der Waals surface area contributed by atoms with Gasteiger partial charge in [-0.25, -0.2) is 8.78 Å². The van der Waals surface area contributed by atoms with Crippen molar-refractivity contribution in [3.8, 4) is 5.75 Å². The molecule has 0 aromatic heterocycles. The fourth-order valence-electron chi connectivity index (χ4n) is 1.25. The van der Waals surface area contributed by atoms with E-state index in [1.807, 2.05) is 0 Å². The highest BCUT2D eigenvalue weighted by Gasteiger charge is 2.35. The highest BCUT2D eigenvalue weighted by atomic mass is 19.2. The molecule has 0 unspecified atom stereocenters. The number of ether oxygens (including phenoxy) is 1. The Hall–Kier alpha value is -1.17. The minimum Gasteiger partial charge on any atom is -0.489 e. The molecule has 1 aliphatic rings. The van der Waals surface area contributed by atoms with Gasteiger partial charge in [0, 0.05) is 13.1 Å². The molecule has 1 aromatic carbocycles. The maximum absolute atomic E-state index is 13.1. The summed E-state index contributed by atoms with van der Waals surface area (Å²) in [6.07, 6.45) is 0. The lowest BCUT2D eigenvalue weighted by Crippen LogP contribution is -2.63. The highest BCUT2D eigenvalue weighted by Crippen LogP contribution is 2.27. The third-order valence-electron chi connectivity index (χ3n) is 2.16. The van der Waals surface area contributed by atoms with E-state index in [-0.39, 0.29) is 13.1 Å². The molecule has 1 saturated heterocycles. The molecule has 2 radical (unpaired) electrons. The molecule has 1 aromatic rings. The van der Waals surface area contributed by atoms with Crippen molar-refractivity contribution in [2.24, 2.45) is 0 Å². The summed E-state index contributed by atoms with van der Waals surface area (Å²) < 4.78 is 43.9. The molecule has 0 spiro atoms. The van der Waals surface area contributed by atoms with Crippen molar-refractivity contribution in [2.45, 2.75) is 5.50 Å². The molecule has 0 atom stereocenters. The third kappa shape index (κ3) is 1.81. The summed E-state index contributed by atoms with van der Waals surface area (Å²) in [7, 11) is 5.58. The van der Waals surface area contributed by atoms with Crippen LogP contribution < -0.4 is 10.1 Å². The Morgan fingerprint density at radius 1 is 1.20 bits per heavy atom. The zero-order chi connectivity index (χ0) is 11.1. The Balaban J connectivity index is 2.30. The summed E-state index contributed by atoms with van der Waals surface area (Å²) in [5, 5.41) is 2.79. The summed E-state index contributed by atoms with van der Waals surface area (Å²) in [5.41, 5.74) is -1.16. The van der Waals surface area contributed by atoms with E-state index in [2.05, 4.69) is 5.32 Å². The minimum absolute atomic E-state index is 0.266. The first-order valence-corrected chi connectivity index (χ1v) is 4.34. The molecule has 1 fully saturated rings. The van der Waals surface area contributed by atoms with E-state index in [0.29, 0.717) is 6.07 Å². The molecule has 0 aliphatic carbocycles. The van der Waals surface area contributed by atoms with Gasteiger partial charge in [-0.3, -0.25) is 0 Å². The van der Waals surface area contributed by atoms with Gasteiger partial charge in [0.05, 0.1) is 5.50 Å². The number of benzene rings is 1. The molecule has 2 rings (SSSR count). The topological polar surface area (TPSA) is 21.3 Å².